The van der Waals surface area contributed by atoms with Crippen LogP contribution >= 0.6 is 15.9 Å². The summed E-state index contributed by atoms with van der Waals surface area (Å²) in [5.41, 5.74) is 1.29. The van der Waals surface area contributed by atoms with E-state index in [0.29, 0.717) is 12.8 Å². The van der Waals surface area contributed by atoms with Crippen LogP contribution in [0.3, 0.4) is 0 Å². The molecular weight excluding hydrogens is 478 g/mol. The van der Waals surface area contributed by atoms with Gasteiger partial charge in [-0.3, -0.25) is 9.69 Å². The topological polar surface area (TPSA) is 78.5 Å². The molecule has 168 valence electrons. The lowest BCUT2D eigenvalue weighted by Gasteiger charge is -2.33. The average molecular weight is 508 g/mol. The van der Waals surface area contributed by atoms with Crippen molar-refractivity contribution in [2.75, 3.05) is 13.1 Å². The minimum absolute atomic E-state index is 0.0658. The van der Waals surface area contributed by atoms with Crippen molar-refractivity contribution in [3.8, 4) is 0 Å². The number of likely N-dealkylation sites (tertiary alicyclic amines) is 1. The molecule has 2 N–H and O–H groups in total. The van der Waals surface area contributed by atoms with Crippen molar-refractivity contribution in [3.05, 3.63) is 64.6 Å². The fourth-order valence-electron chi connectivity index (χ4n) is 3.78. The molecule has 1 amide bonds. The van der Waals surface area contributed by atoms with Gasteiger partial charge in [0, 0.05) is 30.1 Å². The Labute approximate surface area is 193 Å². The quantitative estimate of drug-likeness (QED) is 0.542. The standard InChI is InChI=1S/C23H30BrN3O3S/c1-2-6-22(26-31(29,30)21-11-9-19(24)10-12-21)23(28)25-20-13-15-27(16-14-20)17-18-7-4-3-5-8-18/h3-5,7-12,20,22,26H,2,6,13-17H2,1H3,(H,25,28). The van der Waals surface area contributed by atoms with E-state index in [-0.39, 0.29) is 16.8 Å². The van der Waals surface area contributed by atoms with Gasteiger partial charge in [0.2, 0.25) is 15.9 Å². The van der Waals surface area contributed by atoms with Crippen molar-refractivity contribution >= 4 is 31.9 Å². The van der Waals surface area contributed by atoms with Gasteiger partial charge in [0.05, 0.1) is 4.90 Å². The molecule has 0 radical (unpaired) electrons. The van der Waals surface area contributed by atoms with Gasteiger partial charge in [0.15, 0.2) is 0 Å². The minimum Gasteiger partial charge on any atom is -0.352 e. The predicted molar refractivity (Wildman–Crippen MR) is 126 cm³/mol. The molecule has 1 unspecified atom stereocenters. The Kier molecular flexibility index (Phi) is 8.66. The molecule has 31 heavy (non-hydrogen) atoms. The number of hydrogen-bond acceptors (Lipinski definition) is 4. The Morgan fingerprint density at radius 2 is 1.74 bits per heavy atom. The molecule has 1 fully saturated rings. The van der Waals surface area contributed by atoms with Gasteiger partial charge < -0.3 is 5.32 Å². The summed E-state index contributed by atoms with van der Waals surface area (Å²) < 4.78 is 28.9. The second-order valence-corrected chi connectivity index (χ2v) is 10.6. The van der Waals surface area contributed by atoms with Crippen LogP contribution in [0.25, 0.3) is 0 Å². The number of sulfonamides is 1. The second-order valence-electron chi connectivity index (χ2n) is 7.96. The number of rotatable bonds is 9. The van der Waals surface area contributed by atoms with Crippen molar-refractivity contribution in [1.29, 1.82) is 0 Å². The van der Waals surface area contributed by atoms with Crippen LogP contribution in [0, 0.1) is 0 Å². The molecule has 0 saturated carbocycles. The fourth-order valence-corrected chi connectivity index (χ4v) is 5.27. The molecule has 2 aromatic rings. The van der Waals surface area contributed by atoms with E-state index >= 15 is 0 Å². The number of benzene rings is 2. The van der Waals surface area contributed by atoms with Gasteiger partial charge in [-0.2, -0.15) is 4.72 Å². The maximum atomic E-state index is 12.9. The summed E-state index contributed by atoms with van der Waals surface area (Å²) in [6.07, 6.45) is 2.87. The van der Waals surface area contributed by atoms with E-state index in [2.05, 4.69) is 43.0 Å². The molecule has 0 bridgehead atoms. The summed E-state index contributed by atoms with van der Waals surface area (Å²) in [6.45, 7) is 4.66. The highest BCUT2D eigenvalue weighted by Crippen LogP contribution is 2.17. The number of hydrogen-bond donors (Lipinski definition) is 2. The van der Waals surface area contributed by atoms with Gasteiger partial charge in [-0.05, 0) is 49.1 Å². The lowest BCUT2D eigenvalue weighted by atomic mass is 10.0. The third kappa shape index (κ3) is 7.14. The summed E-state index contributed by atoms with van der Waals surface area (Å²) in [7, 11) is -3.77. The first-order valence-corrected chi connectivity index (χ1v) is 13.0. The van der Waals surface area contributed by atoms with Crippen LogP contribution in [0.15, 0.2) is 64.0 Å². The van der Waals surface area contributed by atoms with E-state index in [1.54, 1.807) is 12.1 Å². The first-order chi connectivity index (χ1) is 14.9. The average Bonchev–Trinajstić information content (AvgIpc) is 2.76. The zero-order valence-corrected chi connectivity index (χ0v) is 20.2. The number of nitrogens with zero attached hydrogens (tertiary/aromatic N) is 1. The lowest BCUT2D eigenvalue weighted by molar-refractivity contribution is -0.123. The fraction of sp³-hybridized carbons (Fsp3) is 0.435. The zero-order valence-electron chi connectivity index (χ0n) is 17.8. The van der Waals surface area contributed by atoms with Crippen LogP contribution in [0.1, 0.15) is 38.2 Å². The number of piperidine rings is 1. The smallest absolute Gasteiger partial charge is 0.241 e. The van der Waals surface area contributed by atoms with Crippen molar-refractivity contribution in [2.45, 2.75) is 56.1 Å². The van der Waals surface area contributed by atoms with E-state index in [0.717, 1.165) is 36.9 Å². The Morgan fingerprint density at radius 1 is 1.10 bits per heavy atom. The molecular formula is C23H30BrN3O3S. The third-order valence-corrected chi connectivity index (χ3v) is 7.51. The SMILES string of the molecule is CCCC(NS(=O)(=O)c1ccc(Br)cc1)C(=O)NC1CCN(Cc2ccccc2)CC1. The van der Waals surface area contributed by atoms with E-state index in [4.69, 9.17) is 0 Å². The Morgan fingerprint density at radius 3 is 2.35 bits per heavy atom. The maximum Gasteiger partial charge on any atom is 0.241 e. The molecule has 8 heteroatoms. The Hall–Kier alpha value is -1.74. The molecule has 0 aliphatic carbocycles. The van der Waals surface area contributed by atoms with Gasteiger partial charge in [-0.25, -0.2) is 8.42 Å². The van der Waals surface area contributed by atoms with Gasteiger partial charge in [0.1, 0.15) is 6.04 Å². The van der Waals surface area contributed by atoms with E-state index < -0.39 is 16.1 Å². The predicted octanol–water partition coefficient (Wildman–Crippen LogP) is 3.68. The first-order valence-electron chi connectivity index (χ1n) is 10.7. The van der Waals surface area contributed by atoms with Crippen molar-refractivity contribution in [1.82, 2.24) is 14.9 Å². The van der Waals surface area contributed by atoms with Gasteiger partial charge in [-0.1, -0.05) is 59.6 Å². The monoisotopic (exact) mass is 507 g/mol. The van der Waals surface area contributed by atoms with Gasteiger partial charge >= 0.3 is 0 Å². The van der Waals surface area contributed by atoms with E-state index in [1.807, 2.05) is 25.1 Å². The summed E-state index contributed by atoms with van der Waals surface area (Å²) in [5, 5.41) is 3.07. The summed E-state index contributed by atoms with van der Waals surface area (Å²) in [4.78, 5) is 15.4. The maximum absolute atomic E-state index is 12.9. The lowest BCUT2D eigenvalue weighted by Crippen LogP contribution is -2.52. The molecule has 0 aromatic heterocycles. The van der Waals surface area contributed by atoms with Crippen LogP contribution < -0.4 is 10.0 Å². The molecule has 1 heterocycles. The Balaban J connectivity index is 1.54. The number of carbonyl (C=O) groups excluding carboxylic acids is 1. The number of nitrogens with one attached hydrogen (secondary N) is 2. The summed E-state index contributed by atoms with van der Waals surface area (Å²) in [6, 6.07) is 16.0. The van der Waals surface area contributed by atoms with Gasteiger partial charge in [0.25, 0.3) is 0 Å². The molecule has 1 aliphatic rings. The van der Waals surface area contributed by atoms with E-state index in [1.165, 1.54) is 17.7 Å². The molecule has 6 nitrogen and oxygen atoms in total. The largest absolute Gasteiger partial charge is 0.352 e. The molecule has 3 rings (SSSR count). The van der Waals surface area contributed by atoms with Gasteiger partial charge in [-0.15, -0.1) is 0 Å². The van der Waals surface area contributed by atoms with Crippen molar-refractivity contribution < 1.29 is 13.2 Å². The normalized spacial score (nSPS) is 16.7. The number of amides is 1. The minimum atomic E-state index is -3.77. The van der Waals surface area contributed by atoms with Crippen LogP contribution in [0.2, 0.25) is 0 Å². The number of carbonyl (C=O) groups is 1. The summed E-state index contributed by atoms with van der Waals surface area (Å²) >= 11 is 3.31. The molecule has 2 aromatic carbocycles. The highest BCUT2D eigenvalue weighted by atomic mass is 79.9. The van der Waals surface area contributed by atoms with Crippen molar-refractivity contribution in [3.63, 3.8) is 0 Å². The first kappa shape index (κ1) is 23.9. The summed E-state index contributed by atoms with van der Waals surface area (Å²) in [5.74, 6) is -0.246. The third-order valence-electron chi connectivity index (χ3n) is 5.50. The van der Waals surface area contributed by atoms with Crippen LogP contribution in [-0.4, -0.2) is 44.4 Å². The highest BCUT2D eigenvalue weighted by molar-refractivity contribution is 9.10. The van der Waals surface area contributed by atoms with E-state index in [9.17, 15) is 13.2 Å². The number of halogens is 1. The van der Waals surface area contributed by atoms with Crippen molar-refractivity contribution in [2.24, 2.45) is 0 Å². The Bertz CT molecular complexity index is 944. The molecule has 0 spiro atoms. The highest BCUT2D eigenvalue weighted by Gasteiger charge is 2.28. The zero-order chi connectivity index (χ0) is 22.3. The molecule has 1 aliphatic heterocycles. The van der Waals surface area contributed by atoms with Crippen LogP contribution in [0.5, 0.6) is 0 Å². The molecule has 1 saturated heterocycles. The van der Waals surface area contributed by atoms with Crippen LogP contribution in [0.4, 0.5) is 0 Å². The van der Waals surface area contributed by atoms with Crippen LogP contribution in [-0.2, 0) is 21.4 Å². The molecule has 1 atom stereocenters. The second kappa shape index (κ2) is 11.2.